The molecule has 17 heavy (non-hydrogen) atoms. The van der Waals surface area contributed by atoms with E-state index in [-0.39, 0.29) is 11.6 Å². The molecular weight excluding hydrogens is 214 g/mol. The lowest BCUT2D eigenvalue weighted by Crippen LogP contribution is -2.55. The van der Waals surface area contributed by atoms with Gasteiger partial charge in [0.2, 0.25) is 0 Å². The van der Waals surface area contributed by atoms with Gasteiger partial charge in [0.1, 0.15) is 5.78 Å². The smallest absolute Gasteiger partial charge is 0.150 e. The van der Waals surface area contributed by atoms with Crippen LogP contribution in [0.15, 0.2) is 0 Å². The quantitative estimate of drug-likeness (QED) is 0.801. The Labute approximate surface area is 104 Å². The molecular formula is C14H25NO2. The van der Waals surface area contributed by atoms with Gasteiger partial charge in [-0.05, 0) is 44.4 Å². The third-order valence-electron chi connectivity index (χ3n) is 4.85. The van der Waals surface area contributed by atoms with E-state index in [0.717, 1.165) is 38.6 Å². The summed E-state index contributed by atoms with van der Waals surface area (Å²) in [5.74, 6) is 0.294. The van der Waals surface area contributed by atoms with Gasteiger partial charge in [-0.1, -0.05) is 13.8 Å². The lowest BCUT2D eigenvalue weighted by atomic mass is 9.67. The van der Waals surface area contributed by atoms with Crippen molar-refractivity contribution in [1.29, 1.82) is 0 Å². The molecule has 0 aromatic rings. The minimum atomic E-state index is -0.271. The summed E-state index contributed by atoms with van der Waals surface area (Å²) in [6, 6.07) is 0. The molecule has 3 heteroatoms. The largest absolute Gasteiger partial charge is 0.392 e. The van der Waals surface area contributed by atoms with Crippen LogP contribution in [0.2, 0.25) is 0 Å². The van der Waals surface area contributed by atoms with Crippen LogP contribution in [0.5, 0.6) is 0 Å². The summed E-state index contributed by atoms with van der Waals surface area (Å²) in [5, 5.41) is 9.68. The highest BCUT2D eigenvalue weighted by atomic mass is 16.3. The zero-order valence-corrected chi connectivity index (χ0v) is 11.3. The van der Waals surface area contributed by atoms with Crippen molar-refractivity contribution in [1.82, 2.24) is 4.90 Å². The van der Waals surface area contributed by atoms with Crippen LogP contribution in [0.4, 0.5) is 0 Å². The Bertz CT molecular complexity index is 301. The Kier molecular flexibility index (Phi) is 3.34. The molecule has 0 amide bonds. The maximum Gasteiger partial charge on any atom is 0.150 e. The van der Waals surface area contributed by atoms with Crippen molar-refractivity contribution in [3.8, 4) is 0 Å². The van der Waals surface area contributed by atoms with Crippen LogP contribution >= 0.6 is 0 Å². The van der Waals surface area contributed by atoms with Crippen molar-refractivity contribution >= 4 is 5.78 Å². The van der Waals surface area contributed by atoms with Crippen molar-refractivity contribution < 1.29 is 9.90 Å². The second kappa shape index (κ2) is 4.36. The maximum atomic E-state index is 12.1. The van der Waals surface area contributed by atoms with Crippen LogP contribution in [-0.2, 0) is 4.79 Å². The van der Waals surface area contributed by atoms with Crippen LogP contribution in [0, 0.1) is 5.41 Å². The number of aliphatic hydroxyl groups is 1. The van der Waals surface area contributed by atoms with E-state index in [1.807, 2.05) is 0 Å². The molecule has 3 nitrogen and oxygen atoms in total. The van der Waals surface area contributed by atoms with Crippen molar-refractivity contribution in [3.05, 3.63) is 0 Å². The third kappa shape index (κ3) is 2.41. The number of carbonyl (C=O) groups excluding carboxylic acids is 1. The fraction of sp³-hybridized carbons (Fsp3) is 0.929. The molecule has 1 heterocycles. The molecule has 98 valence electrons. The van der Waals surface area contributed by atoms with E-state index < -0.39 is 0 Å². The van der Waals surface area contributed by atoms with E-state index in [1.165, 1.54) is 0 Å². The number of aliphatic hydroxyl groups excluding tert-OH is 1. The van der Waals surface area contributed by atoms with Crippen molar-refractivity contribution in [3.63, 3.8) is 0 Å². The highest BCUT2D eigenvalue weighted by Crippen LogP contribution is 2.44. The van der Waals surface area contributed by atoms with Gasteiger partial charge in [-0.3, -0.25) is 9.69 Å². The SMILES string of the molecule is CC(=O)C1(N2CC[C@H](O)C2)CCC(C)(C)CC1. The molecule has 0 aromatic carbocycles. The number of β-amino-alcohol motifs (C(OH)–C–C–N with tert-alkyl or cyclic N) is 1. The first-order chi connectivity index (χ1) is 7.86. The van der Waals surface area contributed by atoms with E-state index >= 15 is 0 Å². The van der Waals surface area contributed by atoms with Crippen LogP contribution in [0.25, 0.3) is 0 Å². The lowest BCUT2D eigenvalue weighted by Gasteiger charge is -2.47. The number of ketones is 1. The number of nitrogens with zero attached hydrogens (tertiary/aromatic N) is 1. The fourth-order valence-electron chi connectivity index (χ4n) is 3.36. The molecule has 0 aromatic heterocycles. The summed E-state index contributed by atoms with van der Waals surface area (Å²) in [5.41, 5.74) is 0.101. The van der Waals surface area contributed by atoms with Gasteiger partial charge in [-0.2, -0.15) is 0 Å². The van der Waals surface area contributed by atoms with Gasteiger partial charge in [-0.25, -0.2) is 0 Å². The number of likely N-dealkylation sites (tertiary alicyclic amines) is 1. The van der Waals surface area contributed by atoms with Crippen LogP contribution in [0.3, 0.4) is 0 Å². The van der Waals surface area contributed by atoms with Gasteiger partial charge in [-0.15, -0.1) is 0 Å². The Hall–Kier alpha value is -0.410. The van der Waals surface area contributed by atoms with E-state index in [2.05, 4.69) is 18.7 Å². The Morgan fingerprint density at radius 1 is 1.24 bits per heavy atom. The zero-order valence-electron chi connectivity index (χ0n) is 11.3. The first-order valence-corrected chi connectivity index (χ1v) is 6.80. The molecule has 0 radical (unpaired) electrons. The minimum absolute atomic E-state index is 0.235. The number of rotatable bonds is 2. The number of carbonyl (C=O) groups is 1. The Morgan fingerprint density at radius 3 is 2.24 bits per heavy atom. The second-order valence-electron chi connectivity index (χ2n) is 6.64. The third-order valence-corrected chi connectivity index (χ3v) is 4.85. The summed E-state index contributed by atoms with van der Waals surface area (Å²) >= 11 is 0. The topological polar surface area (TPSA) is 40.5 Å². The average Bonchev–Trinajstić information content (AvgIpc) is 2.65. The molecule has 1 aliphatic heterocycles. The number of hydrogen-bond donors (Lipinski definition) is 1. The Balaban J connectivity index is 2.15. The first kappa shape index (κ1) is 13.0. The molecule has 1 saturated carbocycles. The van der Waals surface area contributed by atoms with Gasteiger partial charge in [0.05, 0.1) is 11.6 Å². The first-order valence-electron chi connectivity index (χ1n) is 6.80. The summed E-state index contributed by atoms with van der Waals surface area (Å²) in [6.07, 6.45) is 4.72. The molecule has 2 fully saturated rings. The van der Waals surface area contributed by atoms with E-state index in [1.54, 1.807) is 6.92 Å². The molecule has 2 rings (SSSR count). The summed E-state index contributed by atoms with van der Waals surface area (Å²) in [6.45, 7) is 7.86. The van der Waals surface area contributed by atoms with E-state index in [0.29, 0.717) is 17.7 Å². The number of Topliss-reactive ketones (excluding diaryl/α,β-unsaturated/α-hetero) is 1. The van der Waals surface area contributed by atoms with E-state index in [9.17, 15) is 9.90 Å². The van der Waals surface area contributed by atoms with Crippen LogP contribution < -0.4 is 0 Å². The standard InChI is InChI=1S/C14H25NO2/c1-11(16)14(15-9-4-12(17)10-15)7-5-13(2,3)6-8-14/h12,17H,4-10H2,1-3H3/t12-/m0/s1. The second-order valence-corrected chi connectivity index (χ2v) is 6.64. The zero-order chi connectivity index (χ0) is 12.7. The molecule has 1 atom stereocenters. The lowest BCUT2D eigenvalue weighted by molar-refractivity contribution is -0.132. The van der Waals surface area contributed by atoms with Crippen molar-refractivity contribution in [2.45, 2.75) is 64.5 Å². The average molecular weight is 239 g/mol. The molecule has 1 aliphatic carbocycles. The van der Waals surface area contributed by atoms with Gasteiger partial charge in [0, 0.05) is 13.1 Å². The molecule has 0 unspecified atom stereocenters. The molecule has 0 bridgehead atoms. The molecule has 1 N–H and O–H groups in total. The maximum absolute atomic E-state index is 12.1. The van der Waals surface area contributed by atoms with Gasteiger partial charge >= 0.3 is 0 Å². The normalized spacial score (nSPS) is 32.6. The van der Waals surface area contributed by atoms with Gasteiger partial charge in [0.15, 0.2) is 0 Å². The fourth-order valence-corrected chi connectivity index (χ4v) is 3.36. The Morgan fingerprint density at radius 2 is 1.82 bits per heavy atom. The monoisotopic (exact) mass is 239 g/mol. The predicted molar refractivity (Wildman–Crippen MR) is 67.9 cm³/mol. The van der Waals surface area contributed by atoms with Crippen molar-refractivity contribution in [2.75, 3.05) is 13.1 Å². The summed E-state index contributed by atoms with van der Waals surface area (Å²) < 4.78 is 0. The van der Waals surface area contributed by atoms with Crippen LogP contribution in [-0.4, -0.2) is 40.5 Å². The predicted octanol–water partition coefficient (Wildman–Crippen LogP) is 1.98. The minimum Gasteiger partial charge on any atom is -0.392 e. The molecule has 1 saturated heterocycles. The van der Waals surface area contributed by atoms with Crippen molar-refractivity contribution in [2.24, 2.45) is 5.41 Å². The molecule has 2 aliphatic rings. The van der Waals surface area contributed by atoms with Crippen LogP contribution in [0.1, 0.15) is 52.9 Å². The van der Waals surface area contributed by atoms with Gasteiger partial charge < -0.3 is 5.11 Å². The summed E-state index contributed by atoms with van der Waals surface area (Å²) in [4.78, 5) is 14.3. The van der Waals surface area contributed by atoms with Gasteiger partial charge in [0.25, 0.3) is 0 Å². The summed E-state index contributed by atoms with van der Waals surface area (Å²) in [7, 11) is 0. The van der Waals surface area contributed by atoms with E-state index in [4.69, 9.17) is 0 Å². The highest BCUT2D eigenvalue weighted by molar-refractivity contribution is 5.86. The number of hydrogen-bond acceptors (Lipinski definition) is 3. The highest BCUT2D eigenvalue weighted by Gasteiger charge is 2.47. The molecule has 0 spiro atoms.